The summed E-state index contributed by atoms with van der Waals surface area (Å²) in [6.45, 7) is 11.7. The number of piperidine rings is 2. The fourth-order valence-corrected chi connectivity index (χ4v) is 10.2. The highest BCUT2D eigenvalue weighted by molar-refractivity contribution is 6.05. The van der Waals surface area contributed by atoms with E-state index in [1.165, 1.54) is 11.3 Å². The topological polar surface area (TPSA) is 115 Å². The van der Waals surface area contributed by atoms with Gasteiger partial charge in [0.25, 0.3) is 5.91 Å². The minimum atomic E-state index is -0.595. The molecule has 11 nitrogen and oxygen atoms in total. The number of anilines is 2. The number of amides is 3. The fourth-order valence-electron chi connectivity index (χ4n) is 10.2. The molecule has 0 spiro atoms. The molecule has 3 fully saturated rings. The molecule has 3 amide bonds. The zero-order valence-corrected chi connectivity index (χ0v) is 33.7. The molecular weight excluding hydrogens is 731 g/mol. The van der Waals surface area contributed by atoms with Gasteiger partial charge in [-0.3, -0.25) is 24.6 Å². The van der Waals surface area contributed by atoms with Crippen LogP contribution in [0.5, 0.6) is 17.2 Å². The molecule has 0 bridgehead atoms. The number of phenolic OH excluding ortho intramolecular Hbond substituents is 1. The van der Waals surface area contributed by atoms with Crippen molar-refractivity contribution in [3.63, 3.8) is 0 Å². The van der Waals surface area contributed by atoms with Crippen molar-refractivity contribution in [1.82, 2.24) is 15.1 Å². The largest absolute Gasteiger partial charge is 0.508 e. The number of nitrogens with zero attached hydrogens (tertiary/aromatic N) is 4. The summed E-state index contributed by atoms with van der Waals surface area (Å²) >= 11 is 0. The van der Waals surface area contributed by atoms with Crippen molar-refractivity contribution in [3.05, 3.63) is 113 Å². The number of phenols is 1. The lowest BCUT2D eigenvalue weighted by Crippen LogP contribution is -2.52. The molecule has 58 heavy (non-hydrogen) atoms. The minimum Gasteiger partial charge on any atom is -0.508 e. The zero-order valence-electron chi connectivity index (χ0n) is 33.7. The Bertz CT molecular complexity index is 2210. The molecule has 2 N–H and O–H groups in total. The molecule has 5 aliphatic rings. The van der Waals surface area contributed by atoms with Crippen LogP contribution in [0, 0.1) is 5.92 Å². The number of piperazine rings is 1. The Balaban J connectivity index is 0.805. The molecule has 0 radical (unpaired) electrons. The van der Waals surface area contributed by atoms with E-state index in [1.807, 2.05) is 30.3 Å². The first kappa shape index (κ1) is 38.0. The normalized spacial score (nSPS) is 23.6. The van der Waals surface area contributed by atoms with Gasteiger partial charge in [-0.05, 0) is 104 Å². The summed E-state index contributed by atoms with van der Waals surface area (Å²) in [5, 5.41) is 12.7. The van der Waals surface area contributed by atoms with E-state index in [2.05, 4.69) is 76.3 Å². The third-order valence-corrected chi connectivity index (χ3v) is 13.2. The molecule has 5 heterocycles. The summed E-state index contributed by atoms with van der Waals surface area (Å²) < 4.78 is 12.2. The van der Waals surface area contributed by atoms with Crippen molar-refractivity contribution >= 4 is 29.1 Å². The predicted molar refractivity (Wildman–Crippen MR) is 223 cm³/mol. The number of methoxy groups -OCH3 is 1. The van der Waals surface area contributed by atoms with E-state index >= 15 is 0 Å². The zero-order chi connectivity index (χ0) is 40.1. The highest BCUT2D eigenvalue weighted by Crippen LogP contribution is 2.54. The van der Waals surface area contributed by atoms with Crippen LogP contribution in [0.4, 0.5) is 11.4 Å². The Morgan fingerprint density at radius 2 is 1.55 bits per heavy atom. The van der Waals surface area contributed by atoms with Crippen molar-refractivity contribution in [2.45, 2.75) is 69.6 Å². The van der Waals surface area contributed by atoms with Gasteiger partial charge >= 0.3 is 0 Å². The Hall–Kier alpha value is -5.55. The van der Waals surface area contributed by atoms with E-state index in [0.29, 0.717) is 24.4 Å². The number of nitrogens with one attached hydrogen (secondary N) is 1. The van der Waals surface area contributed by atoms with E-state index < -0.39 is 11.6 Å². The maximum Gasteiger partial charge on any atom is 0.255 e. The number of hydrogen-bond donors (Lipinski definition) is 2. The molecular formula is C47H53N5O6. The number of rotatable bonds is 8. The summed E-state index contributed by atoms with van der Waals surface area (Å²) in [6, 6.07) is 28.4. The van der Waals surface area contributed by atoms with Gasteiger partial charge in [-0.2, -0.15) is 0 Å². The molecule has 0 aliphatic carbocycles. The van der Waals surface area contributed by atoms with Gasteiger partial charge in [0.1, 0.15) is 28.9 Å². The maximum absolute atomic E-state index is 13.2. The van der Waals surface area contributed by atoms with Gasteiger partial charge in [0, 0.05) is 99.2 Å². The highest BCUT2D eigenvalue weighted by Gasteiger charge is 2.46. The molecule has 5 aliphatic heterocycles. The van der Waals surface area contributed by atoms with E-state index in [9.17, 15) is 19.5 Å². The second kappa shape index (κ2) is 15.3. The van der Waals surface area contributed by atoms with Crippen molar-refractivity contribution in [3.8, 4) is 17.2 Å². The summed E-state index contributed by atoms with van der Waals surface area (Å²) in [5.74, 6) is 1.66. The Labute approximate surface area is 340 Å². The van der Waals surface area contributed by atoms with Crippen molar-refractivity contribution < 1.29 is 29.0 Å². The van der Waals surface area contributed by atoms with Gasteiger partial charge in [-0.25, -0.2) is 0 Å². The molecule has 0 aromatic heterocycles. The maximum atomic E-state index is 13.2. The first-order valence-corrected chi connectivity index (χ1v) is 20.8. The second-order valence-electron chi connectivity index (χ2n) is 17.2. The Kier molecular flexibility index (Phi) is 10.0. The van der Waals surface area contributed by atoms with Crippen molar-refractivity contribution in [1.29, 1.82) is 0 Å². The number of carbonyl (C=O) groups excluding carboxylic acids is 3. The number of ether oxygens (including phenoxy) is 2. The molecule has 3 atom stereocenters. The lowest BCUT2D eigenvalue weighted by atomic mass is 9.68. The first-order valence-electron chi connectivity index (χ1n) is 20.8. The van der Waals surface area contributed by atoms with Gasteiger partial charge in [0.15, 0.2) is 0 Å². The lowest BCUT2D eigenvalue weighted by Gasteiger charge is -2.46. The summed E-state index contributed by atoms with van der Waals surface area (Å²) in [6.07, 6.45) is 2.95. The van der Waals surface area contributed by atoms with Gasteiger partial charge in [0.05, 0.1) is 7.11 Å². The SMILES string of the molecule is COc1cccc(C2C(c3ccc(N4CCC(CN5CCN(c6ccc7c(c6)CN([C@H]6CCC(=O)NC6=O)C7=O)CC5)CC4)cc3)c3ccc(O)cc3OC2(C)C)c1. The van der Waals surface area contributed by atoms with Crippen LogP contribution in [0.2, 0.25) is 0 Å². The summed E-state index contributed by atoms with van der Waals surface area (Å²) in [5.41, 5.74) is 6.88. The monoisotopic (exact) mass is 783 g/mol. The van der Waals surface area contributed by atoms with Gasteiger partial charge in [0.2, 0.25) is 11.8 Å². The lowest BCUT2D eigenvalue weighted by molar-refractivity contribution is -0.136. The summed E-state index contributed by atoms with van der Waals surface area (Å²) in [4.78, 5) is 46.5. The first-order chi connectivity index (χ1) is 28.0. The smallest absolute Gasteiger partial charge is 0.255 e. The van der Waals surface area contributed by atoms with Crippen LogP contribution in [0.15, 0.2) is 84.9 Å². The molecule has 9 rings (SSSR count). The third kappa shape index (κ3) is 7.25. The molecule has 2 unspecified atom stereocenters. The number of aromatic hydroxyl groups is 1. The molecule has 4 aromatic carbocycles. The highest BCUT2D eigenvalue weighted by atomic mass is 16.5. The molecule has 0 saturated carbocycles. The fraction of sp³-hybridized carbons (Fsp3) is 0.426. The number of hydrogen-bond acceptors (Lipinski definition) is 9. The van der Waals surface area contributed by atoms with E-state index in [-0.39, 0.29) is 41.7 Å². The quantitative estimate of drug-likeness (QED) is 0.199. The van der Waals surface area contributed by atoms with Gasteiger partial charge in [-0.15, -0.1) is 0 Å². The predicted octanol–water partition coefficient (Wildman–Crippen LogP) is 6.29. The van der Waals surface area contributed by atoms with E-state index in [0.717, 1.165) is 92.5 Å². The second-order valence-corrected chi connectivity index (χ2v) is 17.2. The Morgan fingerprint density at radius 3 is 2.29 bits per heavy atom. The number of fused-ring (bicyclic) bond motifs is 2. The van der Waals surface area contributed by atoms with Crippen LogP contribution in [-0.2, 0) is 16.1 Å². The van der Waals surface area contributed by atoms with Crippen LogP contribution in [0.25, 0.3) is 0 Å². The van der Waals surface area contributed by atoms with Gasteiger partial charge < -0.3 is 29.3 Å². The number of imide groups is 1. The Morgan fingerprint density at radius 1 is 0.810 bits per heavy atom. The molecule has 4 aromatic rings. The van der Waals surface area contributed by atoms with Crippen LogP contribution in [0.1, 0.15) is 84.0 Å². The molecule has 11 heteroatoms. The average Bonchev–Trinajstić information content (AvgIpc) is 3.55. The standard InChI is InChI=1S/C47H53N5O6/c1-47(2)44(32-5-4-6-37(26-32)57-3)43(39-14-12-36(53)27-41(39)58-47)31-7-9-34(10-8-31)50-19-17-30(18-20-50)28-49-21-23-51(24-22-49)35-11-13-38-33(25-35)29-52(46(38)56)40-15-16-42(54)48-45(40)55/h4-14,25-27,30,40,43-44,53H,15-24,28-29H2,1-3H3,(H,48,54,55)/t40-,43?,44?/m0/s1. The number of benzene rings is 4. The minimum absolute atomic E-state index is 0.0139. The van der Waals surface area contributed by atoms with Crippen molar-refractivity contribution in [2.75, 3.05) is 62.7 Å². The van der Waals surface area contributed by atoms with E-state index in [4.69, 9.17) is 9.47 Å². The van der Waals surface area contributed by atoms with Crippen LogP contribution >= 0.6 is 0 Å². The summed E-state index contributed by atoms with van der Waals surface area (Å²) in [7, 11) is 1.70. The van der Waals surface area contributed by atoms with Gasteiger partial charge in [-0.1, -0.05) is 30.3 Å². The average molecular weight is 784 g/mol. The third-order valence-electron chi connectivity index (χ3n) is 13.2. The van der Waals surface area contributed by atoms with Crippen molar-refractivity contribution in [2.24, 2.45) is 5.92 Å². The molecule has 302 valence electrons. The molecule has 3 saturated heterocycles. The van der Waals surface area contributed by atoms with Crippen LogP contribution in [-0.4, -0.2) is 97.2 Å². The van der Waals surface area contributed by atoms with E-state index in [1.54, 1.807) is 24.1 Å². The number of carbonyl (C=O) groups is 3. The van der Waals surface area contributed by atoms with Crippen LogP contribution in [0.3, 0.4) is 0 Å². The van der Waals surface area contributed by atoms with Crippen LogP contribution < -0.4 is 24.6 Å².